The maximum atomic E-state index is 7.01. The molecule has 3 atom stereocenters. The summed E-state index contributed by atoms with van der Waals surface area (Å²) < 4.78 is 0. The third-order valence-electron chi connectivity index (χ3n) is 5.18. The van der Waals surface area contributed by atoms with Gasteiger partial charge in [0.05, 0.1) is 10.3 Å². The fourth-order valence-electron chi connectivity index (χ4n) is 4.05. The van der Waals surface area contributed by atoms with Gasteiger partial charge in [0.25, 0.3) is 0 Å². The molecule has 3 unspecified atom stereocenters. The molecule has 4 aliphatic rings. The molecule has 0 radical (unpaired) electrons. The second-order valence-electron chi connectivity index (χ2n) is 6.86. The Labute approximate surface area is 140 Å². The average molecular weight is 355 g/mol. The van der Waals surface area contributed by atoms with E-state index >= 15 is 0 Å². The van der Waals surface area contributed by atoms with E-state index in [1.54, 1.807) is 20.9 Å². The first kappa shape index (κ1) is 14.6. The summed E-state index contributed by atoms with van der Waals surface area (Å²) in [5.74, 6) is 1.28. The van der Waals surface area contributed by atoms with Crippen molar-refractivity contribution < 1.29 is 0 Å². The number of rotatable bonds is 3. The Kier molecular flexibility index (Phi) is 3.12. The minimum Gasteiger partial charge on any atom is -0.154 e. The first-order valence-electron chi connectivity index (χ1n) is 7.68. The molecule has 0 fully saturated rings. The Morgan fingerprint density at radius 3 is 2.81 bits per heavy atom. The van der Waals surface area contributed by atoms with Crippen LogP contribution in [0.5, 0.6) is 0 Å². The molecule has 0 aromatic rings. The standard InChI is InChI=1S/C17H20Cl2SSi/c1-4-8-20-10-13-15-12(20)9-11(16(15)21(13,2)3)17(19)7-5-6-14(17)18/h5-6,9-10,14H,4,7-8H2,1-3H3. The van der Waals surface area contributed by atoms with Gasteiger partial charge in [0.2, 0.25) is 0 Å². The van der Waals surface area contributed by atoms with Crippen molar-refractivity contribution in [3.8, 4) is 0 Å². The first-order chi connectivity index (χ1) is 9.91. The smallest absolute Gasteiger partial charge is 0.114 e. The van der Waals surface area contributed by atoms with Crippen molar-refractivity contribution in [3.63, 3.8) is 0 Å². The Bertz CT molecular complexity index is 708. The summed E-state index contributed by atoms with van der Waals surface area (Å²) in [6, 6.07) is 0. The lowest BCUT2D eigenvalue weighted by atomic mass is 9.95. The SMILES string of the molecule is CCCS1=CC2=C3C1=CC(C1(Cl)CC=CC1Cl)=C3[Si]2(C)C. The maximum absolute atomic E-state index is 7.01. The largest absolute Gasteiger partial charge is 0.154 e. The van der Waals surface area contributed by atoms with Gasteiger partial charge in [0.1, 0.15) is 8.07 Å². The van der Waals surface area contributed by atoms with E-state index in [1.165, 1.54) is 17.7 Å². The van der Waals surface area contributed by atoms with E-state index in [0.717, 1.165) is 6.42 Å². The summed E-state index contributed by atoms with van der Waals surface area (Å²) in [7, 11) is -1.14. The molecule has 0 amide bonds. The van der Waals surface area contributed by atoms with Crippen molar-refractivity contribution in [2.24, 2.45) is 0 Å². The van der Waals surface area contributed by atoms with E-state index < -0.39 is 12.9 Å². The van der Waals surface area contributed by atoms with Crippen LogP contribution in [0.15, 0.2) is 44.7 Å². The highest BCUT2D eigenvalue weighted by atomic mass is 35.5. The van der Waals surface area contributed by atoms with Gasteiger partial charge in [0.15, 0.2) is 0 Å². The van der Waals surface area contributed by atoms with Gasteiger partial charge >= 0.3 is 0 Å². The monoisotopic (exact) mass is 354 g/mol. The van der Waals surface area contributed by atoms with E-state index in [1.807, 2.05) is 0 Å². The van der Waals surface area contributed by atoms with E-state index in [-0.39, 0.29) is 5.38 Å². The number of halogens is 2. The lowest BCUT2D eigenvalue weighted by molar-refractivity contribution is 0.738. The molecule has 112 valence electrons. The third kappa shape index (κ3) is 1.68. The van der Waals surface area contributed by atoms with Crippen LogP contribution in [0.3, 0.4) is 0 Å². The highest BCUT2D eigenvalue weighted by molar-refractivity contribution is 8.19. The molecule has 4 rings (SSSR count). The molecule has 0 saturated heterocycles. The Morgan fingerprint density at radius 2 is 2.19 bits per heavy atom. The van der Waals surface area contributed by atoms with Crippen molar-refractivity contribution in [1.29, 1.82) is 0 Å². The second kappa shape index (κ2) is 4.50. The Hall–Kier alpha value is -0.0231. The molecule has 0 saturated carbocycles. The molecule has 0 bridgehead atoms. The van der Waals surface area contributed by atoms with Crippen LogP contribution >= 0.6 is 33.7 Å². The molecule has 2 aliphatic carbocycles. The zero-order valence-electron chi connectivity index (χ0n) is 12.7. The summed E-state index contributed by atoms with van der Waals surface area (Å²) in [5.41, 5.74) is 2.94. The van der Waals surface area contributed by atoms with Gasteiger partial charge in [0, 0.05) is 4.91 Å². The van der Waals surface area contributed by atoms with E-state index in [4.69, 9.17) is 23.2 Å². The zero-order valence-corrected chi connectivity index (χ0v) is 16.0. The van der Waals surface area contributed by atoms with E-state index in [2.05, 4.69) is 43.6 Å². The number of hydrogen-bond acceptors (Lipinski definition) is 0. The molecular weight excluding hydrogens is 335 g/mol. The van der Waals surface area contributed by atoms with Crippen molar-refractivity contribution in [3.05, 3.63) is 44.7 Å². The normalized spacial score (nSPS) is 38.6. The fraction of sp³-hybridized carbons (Fsp3) is 0.471. The first-order valence-corrected chi connectivity index (χ1v) is 12.9. The Morgan fingerprint density at radius 1 is 1.43 bits per heavy atom. The molecule has 0 nitrogen and oxygen atoms in total. The van der Waals surface area contributed by atoms with Crippen LogP contribution < -0.4 is 0 Å². The molecule has 21 heavy (non-hydrogen) atoms. The quantitative estimate of drug-likeness (QED) is 0.278. The highest BCUT2D eigenvalue weighted by Gasteiger charge is 2.55. The van der Waals surface area contributed by atoms with Crippen LogP contribution in [0.1, 0.15) is 19.8 Å². The maximum Gasteiger partial charge on any atom is 0.114 e. The average Bonchev–Trinajstić information content (AvgIpc) is 3.04. The van der Waals surface area contributed by atoms with Crippen molar-refractivity contribution in [1.82, 2.24) is 0 Å². The summed E-state index contributed by atoms with van der Waals surface area (Å²) in [5, 5.41) is 5.80. The lowest BCUT2D eigenvalue weighted by Crippen LogP contribution is -2.45. The molecule has 0 N–H and O–H groups in total. The van der Waals surface area contributed by atoms with Crippen molar-refractivity contribution >= 4 is 47.1 Å². The van der Waals surface area contributed by atoms with Crippen LogP contribution in [-0.4, -0.2) is 29.4 Å². The highest BCUT2D eigenvalue weighted by Crippen LogP contribution is 2.62. The fourth-order valence-corrected chi connectivity index (χ4v) is 11.4. The van der Waals surface area contributed by atoms with Gasteiger partial charge in [-0.05, 0) is 51.6 Å². The second-order valence-corrected chi connectivity index (χ2v) is 14.2. The topological polar surface area (TPSA) is 0 Å². The number of hydrogen-bond donors (Lipinski definition) is 0. The summed E-state index contributed by atoms with van der Waals surface area (Å²) in [6.07, 6.45) is 8.74. The van der Waals surface area contributed by atoms with Crippen LogP contribution in [0.25, 0.3) is 0 Å². The molecule has 2 aliphatic heterocycles. The van der Waals surface area contributed by atoms with Crippen LogP contribution in [0, 0.1) is 0 Å². The minimum absolute atomic E-state index is 0.0799. The summed E-state index contributed by atoms with van der Waals surface area (Å²) in [6.45, 7) is 7.22. The zero-order chi connectivity index (χ0) is 15.0. The Balaban J connectivity index is 1.85. The predicted octanol–water partition coefficient (Wildman–Crippen LogP) is 5.32. The van der Waals surface area contributed by atoms with Gasteiger partial charge in [-0.3, -0.25) is 0 Å². The van der Waals surface area contributed by atoms with Crippen molar-refractivity contribution in [2.75, 3.05) is 5.75 Å². The molecule has 4 heteroatoms. The lowest BCUT2D eigenvalue weighted by Gasteiger charge is -2.40. The molecular formula is C17H20Cl2SSi. The number of allylic oxidation sites excluding steroid dienone is 7. The van der Waals surface area contributed by atoms with Gasteiger partial charge in [-0.25, -0.2) is 0 Å². The minimum atomic E-state index is -1.46. The molecule has 0 spiro atoms. The van der Waals surface area contributed by atoms with Crippen LogP contribution in [0.2, 0.25) is 13.1 Å². The van der Waals surface area contributed by atoms with E-state index in [9.17, 15) is 0 Å². The van der Waals surface area contributed by atoms with Gasteiger partial charge in [-0.15, -0.1) is 23.2 Å². The van der Waals surface area contributed by atoms with Gasteiger partial charge in [-0.2, -0.15) is 10.5 Å². The van der Waals surface area contributed by atoms with E-state index in [0.29, 0.717) is 10.5 Å². The molecule has 0 aromatic heterocycles. The van der Waals surface area contributed by atoms with Crippen LogP contribution in [0.4, 0.5) is 0 Å². The predicted molar refractivity (Wildman–Crippen MR) is 100 cm³/mol. The third-order valence-corrected chi connectivity index (χ3v) is 12.4. The number of alkyl halides is 2. The van der Waals surface area contributed by atoms with Crippen molar-refractivity contribution in [2.45, 2.75) is 43.1 Å². The van der Waals surface area contributed by atoms with Crippen LogP contribution in [-0.2, 0) is 0 Å². The summed E-state index contributed by atoms with van der Waals surface area (Å²) in [4.78, 5) is 1.16. The van der Waals surface area contributed by atoms with Gasteiger partial charge in [-0.1, -0.05) is 32.2 Å². The van der Waals surface area contributed by atoms with Gasteiger partial charge < -0.3 is 0 Å². The molecule has 0 aromatic carbocycles. The molecule has 2 heterocycles. The summed E-state index contributed by atoms with van der Waals surface area (Å²) >= 11 is 13.5.